The van der Waals surface area contributed by atoms with Crippen LogP contribution in [-0.2, 0) is 13.1 Å². The molecule has 1 aromatic rings. The van der Waals surface area contributed by atoms with Gasteiger partial charge < -0.3 is 0 Å². The van der Waals surface area contributed by atoms with E-state index in [0.717, 1.165) is 30.8 Å². The van der Waals surface area contributed by atoms with E-state index in [2.05, 4.69) is 18.7 Å². The molecule has 1 heterocycles. The van der Waals surface area contributed by atoms with Crippen molar-refractivity contribution in [1.29, 1.82) is 0 Å². The fourth-order valence-electron chi connectivity index (χ4n) is 2.09. The van der Waals surface area contributed by atoms with Crippen molar-refractivity contribution in [2.75, 3.05) is 6.54 Å². The molecule has 0 aliphatic carbocycles. The maximum atomic E-state index is 13.4. The molecule has 0 saturated heterocycles. The van der Waals surface area contributed by atoms with E-state index in [1.807, 2.05) is 6.07 Å². The van der Waals surface area contributed by atoms with E-state index >= 15 is 0 Å². The highest BCUT2D eigenvalue weighted by atomic mass is 19.1. The van der Waals surface area contributed by atoms with Crippen molar-refractivity contribution in [2.45, 2.75) is 26.9 Å². The van der Waals surface area contributed by atoms with Gasteiger partial charge in [0.2, 0.25) is 0 Å². The Morgan fingerprint density at radius 1 is 1.36 bits per heavy atom. The van der Waals surface area contributed by atoms with Crippen molar-refractivity contribution in [3.8, 4) is 0 Å². The highest BCUT2D eigenvalue weighted by molar-refractivity contribution is 5.31. The van der Waals surface area contributed by atoms with Crippen LogP contribution in [0.3, 0.4) is 0 Å². The quantitative estimate of drug-likeness (QED) is 0.698. The number of hydrogen-bond acceptors (Lipinski definition) is 1. The Labute approximate surface area is 84.5 Å². The number of rotatable bonds is 2. The lowest BCUT2D eigenvalue weighted by Gasteiger charge is -2.16. The first-order valence-corrected chi connectivity index (χ1v) is 5.15. The van der Waals surface area contributed by atoms with Crippen LogP contribution in [0.15, 0.2) is 18.2 Å². The minimum Gasteiger partial charge on any atom is -0.294 e. The number of hydrogen-bond donors (Lipinski definition) is 0. The first-order valence-electron chi connectivity index (χ1n) is 5.15. The Morgan fingerprint density at radius 2 is 2.14 bits per heavy atom. The smallest absolute Gasteiger partial charge is 0.128 e. The van der Waals surface area contributed by atoms with Crippen LogP contribution >= 0.6 is 0 Å². The van der Waals surface area contributed by atoms with Gasteiger partial charge in [0.05, 0.1) is 0 Å². The number of halogens is 1. The average Bonchev–Trinajstić information content (AvgIpc) is 2.47. The van der Waals surface area contributed by atoms with Gasteiger partial charge in [0.1, 0.15) is 5.82 Å². The van der Waals surface area contributed by atoms with Gasteiger partial charge in [0.25, 0.3) is 0 Å². The van der Waals surface area contributed by atoms with Gasteiger partial charge >= 0.3 is 0 Å². The SMILES string of the molecule is CC(C)CN1Cc2cccc(F)c2C1. The van der Waals surface area contributed by atoms with Crippen LogP contribution in [0.5, 0.6) is 0 Å². The molecule has 1 nitrogen and oxygen atoms in total. The third-order valence-corrected chi connectivity index (χ3v) is 2.61. The summed E-state index contributed by atoms with van der Waals surface area (Å²) in [5.41, 5.74) is 2.05. The topological polar surface area (TPSA) is 3.24 Å². The molecule has 0 spiro atoms. The largest absolute Gasteiger partial charge is 0.294 e. The molecule has 0 bridgehead atoms. The minimum atomic E-state index is -0.0474. The second kappa shape index (κ2) is 3.70. The minimum absolute atomic E-state index is 0.0474. The maximum absolute atomic E-state index is 13.4. The summed E-state index contributed by atoms with van der Waals surface area (Å²) in [5.74, 6) is 0.598. The predicted octanol–water partition coefficient (Wildman–Crippen LogP) is 2.80. The van der Waals surface area contributed by atoms with Crippen LogP contribution in [-0.4, -0.2) is 11.4 Å². The van der Waals surface area contributed by atoms with E-state index in [0.29, 0.717) is 5.92 Å². The van der Waals surface area contributed by atoms with Crippen LogP contribution in [0.2, 0.25) is 0 Å². The van der Waals surface area contributed by atoms with Crippen molar-refractivity contribution < 1.29 is 4.39 Å². The molecule has 1 aliphatic rings. The molecule has 0 aromatic heterocycles. The first-order chi connectivity index (χ1) is 6.66. The van der Waals surface area contributed by atoms with Crippen molar-refractivity contribution in [1.82, 2.24) is 4.90 Å². The van der Waals surface area contributed by atoms with Gasteiger partial charge in [0.15, 0.2) is 0 Å². The fraction of sp³-hybridized carbons (Fsp3) is 0.500. The van der Waals surface area contributed by atoms with Crippen LogP contribution in [0.4, 0.5) is 4.39 Å². The second-order valence-electron chi connectivity index (χ2n) is 4.44. The summed E-state index contributed by atoms with van der Waals surface area (Å²) < 4.78 is 13.4. The van der Waals surface area contributed by atoms with E-state index in [1.54, 1.807) is 12.1 Å². The molecule has 2 heteroatoms. The van der Waals surface area contributed by atoms with Gasteiger partial charge in [-0.1, -0.05) is 26.0 Å². The predicted molar refractivity (Wildman–Crippen MR) is 55.4 cm³/mol. The van der Waals surface area contributed by atoms with E-state index in [-0.39, 0.29) is 5.82 Å². The fourth-order valence-corrected chi connectivity index (χ4v) is 2.09. The zero-order valence-corrected chi connectivity index (χ0v) is 8.76. The van der Waals surface area contributed by atoms with E-state index in [9.17, 15) is 4.39 Å². The monoisotopic (exact) mass is 193 g/mol. The average molecular weight is 193 g/mol. The Hall–Kier alpha value is -0.890. The molecule has 0 N–H and O–H groups in total. The Bertz CT molecular complexity index is 333. The molecule has 0 atom stereocenters. The molecule has 2 rings (SSSR count). The van der Waals surface area contributed by atoms with Gasteiger partial charge in [0, 0.05) is 25.2 Å². The summed E-state index contributed by atoms with van der Waals surface area (Å²) in [4.78, 5) is 2.30. The van der Waals surface area contributed by atoms with Gasteiger partial charge in [-0.15, -0.1) is 0 Å². The van der Waals surface area contributed by atoms with E-state index in [1.165, 1.54) is 0 Å². The molecule has 14 heavy (non-hydrogen) atoms. The lowest BCUT2D eigenvalue weighted by molar-refractivity contribution is 0.250. The van der Waals surface area contributed by atoms with E-state index in [4.69, 9.17) is 0 Å². The Balaban J connectivity index is 2.14. The number of nitrogens with zero attached hydrogens (tertiary/aromatic N) is 1. The molecule has 0 amide bonds. The zero-order chi connectivity index (χ0) is 10.1. The maximum Gasteiger partial charge on any atom is 0.128 e. The molecule has 0 saturated carbocycles. The summed E-state index contributed by atoms with van der Waals surface area (Å²) in [6, 6.07) is 5.38. The normalized spacial score (nSPS) is 16.3. The van der Waals surface area contributed by atoms with Gasteiger partial charge in [-0.2, -0.15) is 0 Å². The highest BCUT2D eigenvalue weighted by Gasteiger charge is 2.21. The standard InChI is InChI=1S/C12H16FN/c1-9(2)6-14-7-10-4-3-5-12(13)11(10)8-14/h3-5,9H,6-8H2,1-2H3. The third kappa shape index (κ3) is 1.80. The first kappa shape index (κ1) is 9.66. The van der Waals surface area contributed by atoms with E-state index < -0.39 is 0 Å². The number of fused-ring (bicyclic) bond motifs is 1. The second-order valence-corrected chi connectivity index (χ2v) is 4.44. The Morgan fingerprint density at radius 3 is 2.79 bits per heavy atom. The van der Waals surface area contributed by atoms with Crippen LogP contribution in [0, 0.1) is 11.7 Å². The summed E-state index contributed by atoms with van der Waals surface area (Å²) in [7, 11) is 0. The molecule has 0 unspecified atom stereocenters. The lowest BCUT2D eigenvalue weighted by Crippen LogP contribution is -2.21. The number of benzene rings is 1. The molecular formula is C12H16FN. The van der Waals surface area contributed by atoms with Gasteiger partial charge in [-0.05, 0) is 17.5 Å². The summed E-state index contributed by atoms with van der Waals surface area (Å²) in [5, 5.41) is 0. The summed E-state index contributed by atoms with van der Waals surface area (Å²) in [6.07, 6.45) is 0. The van der Waals surface area contributed by atoms with Gasteiger partial charge in [-0.3, -0.25) is 4.90 Å². The molecule has 76 valence electrons. The van der Waals surface area contributed by atoms with Crippen LogP contribution in [0.1, 0.15) is 25.0 Å². The van der Waals surface area contributed by atoms with Crippen LogP contribution in [0.25, 0.3) is 0 Å². The molecule has 0 fully saturated rings. The summed E-state index contributed by atoms with van der Waals surface area (Å²) >= 11 is 0. The van der Waals surface area contributed by atoms with Crippen molar-refractivity contribution in [3.05, 3.63) is 35.1 Å². The van der Waals surface area contributed by atoms with Crippen molar-refractivity contribution in [3.63, 3.8) is 0 Å². The zero-order valence-electron chi connectivity index (χ0n) is 8.76. The van der Waals surface area contributed by atoms with Crippen LogP contribution < -0.4 is 0 Å². The highest BCUT2D eigenvalue weighted by Crippen LogP contribution is 2.25. The lowest BCUT2D eigenvalue weighted by atomic mass is 10.1. The summed E-state index contributed by atoms with van der Waals surface area (Å²) in [6.45, 7) is 7.12. The van der Waals surface area contributed by atoms with Crippen molar-refractivity contribution in [2.24, 2.45) is 5.92 Å². The Kier molecular flexibility index (Phi) is 2.55. The molecule has 1 aromatic carbocycles. The van der Waals surface area contributed by atoms with Gasteiger partial charge in [-0.25, -0.2) is 4.39 Å². The molecular weight excluding hydrogens is 177 g/mol. The molecule has 1 aliphatic heterocycles. The van der Waals surface area contributed by atoms with Crippen molar-refractivity contribution >= 4 is 0 Å². The molecule has 0 radical (unpaired) electrons. The third-order valence-electron chi connectivity index (χ3n) is 2.61.